The number of ether oxygens (including phenoxy) is 1. The fourth-order valence-corrected chi connectivity index (χ4v) is 3.96. The molecule has 7 heteroatoms. The van der Waals surface area contributed by atoms with Crippen LogP contribution in [-0.2, 0) is 4.74 Å². The monoisotopic (exact) mass is 317 g/mol. The van der Waals surface area contributed by atoms with Crippen LogP contribution in [0.5, 0.6) is 0 Å². The Hall–Kier alpha value is -1.73. The summed E-state index contributed by atoms with van der Waals surface area (Å²) < 4.78 is 6.16. The Bertz CT molecular complexity index is 632. The van der Waals surface area contributed by atoms with Crippen molar-refractivity contribution in [3.63, 3.8) is 0 Å². The van der Waals surface area contributed by atoms with E-state index in [2.05, 4.69) is 25.4 Å². The van der Waals surface area contributed by atoms with Gasteiger partial charge in [-0.05, 0) is 25.5 Å². The summed E-state index contributed by atoms with van der Waals surface area (Å²) >= 11 is 1.69. The minimum atomic E-state index is -0.0402. The van der Waals surface area contributed by atoms with Gasteiger partial charge in [-0.2, -0.15) is 5.10 Å². The minimum Gasteiger partial charge on any atom is -0.371 e. The average molecular weight is 317 g/mol. The molecule has 2 atom stereocenters. The van der Waals surface area contributed by atoms with Gasteiger partial charge in [-0.15, -0.1) is 16.4 Å². The van der Waals surface area contributed by atoms with Crippen molar-refractivity contribution in [3.8, 4) is 0 Å². The van der Waals surface area contributed by atoms with Gasteiger partial charge in [0.2, 0.25) is 0 Å². The molecular formula is C15H19N5OS. The topological polar surface area (TPSA) is 63.2 Å². The third-order valence-corrected chi connectivity index (χ3v) is 5.20. The molecule has 0 radical (unpaired) electrons. The summed E-state index contributed by atoms with van der Waals surface area (Å²) in [6.07, 6.45) is 3.93. The zero-order valence-electron chi connectivity index (χ0n) is 12.5. The van der Waals surface area contributed by atoms with E-state index in [-0.39, 0.29) is 5.60 Å². The van der Waals surface area contributed by atoms with E-state index in [9.17, 15) is 0 Å². The number of thiazole rings is 1. The van der Waals surface area contributed by atoms with Crippen LogP contribution in [0, 0.1) is 6.92 Å². The Morgan fingerprint density at radius 3 is 3.14 bits per heavy atom. The molecule has 2 aliphatic heterocycles. The number of nitrogens with one attached hydrogen (secondary N) is 1. The van der Waals surface area contributed by atoms with E-state index >= 15 is 0 Å². The van der Waals surface area contributed by atoms with E-state index in [1.807, 2.05) is 30.6 Å². The molecule has 116 valence electrons. The average Bonchev–Trinajstić information content (AvgIpc) is 3.24. The van der Waals surface area contributed by atoms with Gasteiger partial charge in [0.05, 0.1) is 23.9 Å². The van der Waals surface area contributed by atoms with Gasteiger partial charge in [-0.25, -0.2) is 4.98 Å². The number of aromatic nitrogens is 3. The van der Waals surface area contributed by atoms with Gasteiger partial charge in [0.1, 0.15) is 5.82 Å². The van der Waals surface area contributed by atoms with Crippen molar-refractivity contribution in [2.45, 2.75) is 31.4 Å². The Kier molecular flexibility index (Phi) is 3.46. The second-order valence-electron chi connectivity index (χ2n) is 6.09. The lowest BCUT2D eigenvalue weighted by molar-refractivity contribution is 0.0229. The second kappa shape index (κ2) is 5.48. The quantitative estimate of drug-likeness (QED) is 0.935. The molecular weight excluding hydrogens is 298 g/mol. The van der Waals surface area contributed by atoms with Gasteiger partial charge in [0, 0.05) is 31.1 Å². The van der Waals surface area contributed by atoms with Crippen LogP contribution in [0.25, 0.3) is 0 Å². The summed E-state index contributed by atoms with van der Waals surface area (Å²) in [7, 11) is 0. The number of hydrogen-bond acceptors (Lipinski definition) is 7. The maximum atomic E-state index is 6.16. The zero-order valence-corrected chi connectivity index (χ0v) is 13.3. The molecule has 2 aromatic heterocycles. The Balaban J connectivity index is 1.39. The molecule has 2 aromatic rings. The molecule has 22 heavy (non-hydrogen) atoms. The van der Waals surface area contributed by atoms with Gasteiger partial charge in [-0.3, -0.25) is 0 Å². The highest BCUT2D eigenvalue weighted by atomic mass is 32.1. The second-order valence-corrected chi connectivity index (χ2v) is 6.96. The molecule has 0 saturated carbocycles. The number of anilines is 2. The molecule has 0 aliphatic carbocycles. The largest absolute Gasteiger partial charge is 0.371 e. The van der Waals surface area contributed by atoms with Gasteiger partial charge in [0.25, 0.3) is 0 Å². The van der Waals surface area contributed by atoms with E-state index in [1.165, 1.54) is 0 Å². The maximum Gasteiger partial charge on any atom is 0.185 e. The first-order valence-electron chi connectivity index (χ1n) is 7.58. The molecule has 0 aromatic carbocycles. The fourth-order valence-electron chi connectivity index (χ4n) is 3.29. The first-order valence-corrected chi connectivity index (χ1v) is 8.46. The fraction of sp³-hybridized carbons (Fsp3) is 0.533. The molecule has 1 N–H and O–H groups in total. The van der Waals surface area contributed by atoms with Crippen molar-refractivity contribution in [1.82, 2.24) is 15.2 Å². The third kappa shape index (κ3) is 2.66. The van der Waals surface area contributed by atoms with Crippen LogP contribution in [0.1, 0.15) is 18.5 Å². The highest BCUT2D eigenvalue weighted by Crippen LogP contribution is 2.38. The number of rotatable bonds is 3. The Morgan fingerprint density at radius 1 is 1.41 bits per heavy atom. The van der Waals surface area contributed by atoms with Crippen LogP contribution in [-0.4, -0.2) is 46.5 Å². The predicted octanol–water partition coefficient (Wildman–Crippen LogP) is 2.09. The first-order chi connectivity index (χ1) is 10.7. The Labute approximate surface area is 133 Å². The van der Waals surface area contributed by atoms with Crippen LogP contribution in [0.2, 0.25) is 0 Å². The van der Waals surface area contributed by atoms with Crippen molar-refractivity contribution in [3.05, 3.63) is 29.4 Å². The highest BCUT2D eigenvalue weighted by Gasteiger charge is 2.46. The van der Waals surface area contributed by atoms with Crippen LogP contribution in [0.3, 0.4) is 0 Å². The SMILES string of the molecule is Cc1ccc(N[C@H]2CO[C@@]3(CCN(c4nccs4)C3)C2)nn1. The highest BCUT2D eigenvalue weighted by molar-refractivity contribution is 7.13. The zero-order chi connectivity index (χ0) is 15.0. The first kappa shape index (κ1) is 13.9. The lowest BCUT2D eigenvalue weighted by Gasteiger charge is -2.23. The predicted molar refractivity (Wildman–Crippen MR) is 86.4 cm³/mol. The van der Waals surface area contributed by atoms with Gasteiger partial charge < -0.3 is 15.0 Å². The number of aryl methyl sites for hydroxylation is 1. The van der Waals surface area contributed by atoms with Crippen LogP contribution in [0.15, 0.2) is 23.7 Å². The van der Waals surface area contributed by atoms with Gasteiger partial charge in [-0.1, -0.05) is 0 Å². The molecule has 0 unspecified atom stereocenters. The summed E-state index contributed by atoms with van der Waals surface area (Å²) in [4.78, 5) is 6.73. The lowest BCUT2D eigenvalue weighted by atomic mass is 9.97. The number of nitrogens with zero attached hydrogens (tertiary/aromatic N) is 4. The molecule has 1 spiro atoms. The van der Waals surface area contributed by atoms with Crippen LogP contribution < -0.4 is 10.2 Å². The standard InChI is InChI=1S/C15H19N5OS/c1-11-2-3-13(19-18-11)17-12-8-15(21-9-12)4-6-20(10-15)14-16-5-7-22-14/h2-3,5,7,12H,4,6,8-10H2,1H3,(H,17,19)/t12-,15+/m1/s1. The van der Waals surface area contributed by atoms with Crippen molar-refractivity contribution in [2.75, 3.05) is 29.9 Å². The van der Waals surface area contributed by atoms with E-state index in [0.717, 1.165) is 49.2 Å². The summed E-state index contributed by atoms with van der Waals surface area (Å²) in [5.74, 6) is 0.825. The van der Waals surface area contributed by atoms with E-state index in [4.69, 9.17) is 4.74 Å². The summed E-state index contributed by atoms with van der Waals surface area (Å²) in [5, 5.41) is 14.8. The molecule has 4 rings (SSSR count). The smallest absolute Gasteiger partial charge is 0.185 e. The summed E-state index contributed by atoms with van der Waals surface area (Å²) in [6.45, 7) is 4.61. The van der Waals surface area contributed by atoms with Crippen molar-refractivity contribution in [2.24, 2.45) is 0 Å². The molecule has 0 bridgehead atoms. The molecule has 2 aliphatic rings. The molecule has 2 saturated heterocycles. The van der Waals surface area contributed by atoms with Gasteiger partial charge >= 0.3 is 0 Å². The van der Waals surface area contributed by atoms with Crippen molar-refractivity contribution in [1.29, 1.82) is 0 Å². The molecule has 6 nitrogen and oxygen atoms in total. The Morgan fingerprint density at radius 2 is 2.36 bits per heavy atom. The normalized spacial score (nSPS) is 27.7. The van der Waals surface area contributed by atoms with Crippen LogP contribution >= 0.6 is 11.3 Å². The van der Waals surface area contributed by atoms with E-state index < -0.39 is 0 Å². The molecule has 2 fully saturated rings. The maximum absolute atomic E-state index is 6.16. The molecule has 4 heterocycles. The van der Waals surface area contributed by atoms with Crippen molar-refractivity contribution >= 4 is 22.3 Å². The summed E-state index contributed by atoms with van der Waals surface area (Å²) in [5.41, 5.74) is 0.890. The number of hydrogen-bond donors (Lipinski definition) is 1. The van der Waals surface area contributed by atoms with Gasteiger partial charge in [0.15, 0.2) is 5.13 Å². The van der Waals surface area contributed by atoms with E-state index in [1.54, 1.807) is 11.3 Å². The summed E-state index contributed by atoms with van der Waals surface area (Å²) in [6, 6.07) is 4.25. The lowest BCUT2D eigenvalue weighted by Crippen LogP contribution is -2.33. The third-order valence-electron chi connectivity index (χ3n) is 4.37. The minimum absolute atomic E-state index is 0.0402. The van der Waals surface area contributed by atoms with E-state index in [0.29, 0.717) is 6.04 Å². The van der Waals surface area contributed by atoms with Crippen molar-refractivity contribution < 1.29 is 4.74 Å². The molecule has 0 amide bonds. The van der Waals surface area contributed by atoms with Crippen LogP contribution in [0.4, 0.5) is 10.9 Å².